The normalized spacial score (nSPS) is 12.7. The van der Waals surface area contributed by atoms with Gasteiger partial charge in [-0.05, 0) is 36.2 Å². The molecule has 0 radical (unpaired) electrons. The van der Waals surface area contributed by atoms with Crippen LogP contribution in [0, 0.1) is 0 Å². The Morgan fingerprint density at radius 1 is 1.13 bits per heavy atom. The van der Waals surface area contributed by atoms with Crippen molar-refractivity contribution in [1.29, 1.82) is 0 Å². The van der Waals surface area contributed by atoms with Gasteiger partial charge in [-0.25, -0.2) is 8.42 Å². The standard InChI is InChI=1S/C17H18ClNO3S/c1-12(15-5-3-4-6-16(15)18)19-17(20)14-9-7-13(8-10-14)11-23(2,21)22/h3-10,12H,11H2,1-2H3,(H,19,20). The van der Waals surface area contributed by atoms with Crippen LogP contribution in [-0.4, -0.2) is 20.6 Å². The molecule has 1 N–H and O–H groups in total. The molecule has 0 aliphatic carbocycles. The third kappa shape index (κ3) is 5.08. The summed E-state index contributed by atoms with van der Waals surface area (Å²) in [4.78, 5) is 12.3. The minimum Gasteiger partial charge on any atom is -0.345 e. The average Bonchev–Trinajstić information content (AvgIpc) is 2.46. The molecule has 2 aromatic carbocycles. The van der Waals surface area contributed by atoms with Crippen molar-refractivity contribution in [3.63, 3.8) is 0 Å². The molecule has 4 nitrogen and oxygen atoms in total. The summed E-state index contributed by atoms with van der Waals surface area (Å²) in [5.41, 5.74) is 1.97. The molecule has 0 spiro atoms. The Balaban J connectivity index is 2.08. The first kappa shape index (κ1) is 17.5. The van der Waals surface area contributed by atoms with Gasteiger partial charge in [0.05, 0.1) is 11.8 Å². The lowest BCUT2D eigenvalue weighted by Crippen LogP contribution is -2.26. The Morgan fingerprint density at radius 2 is 1.74 bits per heavy atom. The van der Waals surface area contributed by atoms with E-state index in [2.05, 4.69) is 5.32 Å². The molecule has 122 valence electrons. The first-order valence-electron chi connectivity index (χ1n) is 7.08. The zero-order valence-corrected chi connectivity index (χ0v) is 14.5. The Morgan fingerprint density at radius 3 is 2.30 bits per heavy atom. The highest BCUT2D eigenvalue weighted by Crippen LogP contribution is 2.22. The molecule has 2 aromatic rings. The highest BCUT2D eigenvalue weighted by molar-refractivity contribution is 7.89. The lowest BCUT2D eigenvalue weighted by atomic mass is 10.1. The van der Waals surface area contributed by atoms with E-state index >= 15 is 0 Å². The average molecular weight is 352 g/mol. The van der Waals surface area contributed by atoms with Crippen LogP contribution in [0.3, 0.4) is 0 Å². The van der Waals surface area contributed by atoms with Gasteiger partial charge in [0.2, 0.25) is 0 Å². The maximum atomic E-state index is 12.3. The summed E-state index contributed by atoms with van der Waals surface area (Å²) in [6.07, 6.45) is 1.18. The van der Waals surface area contributed by atoms with Crippen LogP contribution in [0.15, 0.2) is 48.5 Å². The predicted octanol–water partition coefficient (Wildman–Crippen LogP) is 3.38. The third-order valence-electron chi connectivity index (χ3n) is 3.36. The van der Waals surface area contributed by atoms with Gasteiger partial charge in [0.25, 0.3) is 5.91 Å². The van der Waals surface area contributed by atoms with Gasteiger partial charge < -0.3 is 5.32 Å². The number of halogens is 1. The minimum atomic E-state index is -3.09. The number of sulfone groups is 1. The maximum absolute atomic E-state index is 12.3. The van der Waals surface area contributed by atoms with Crippen LogP contribution < -0.4 is 5.32 Å². The second-order valence-electron chi connectivity index (χ2n) is 5.48. The molecule has 1 unspecified atom stereocenters. The molecule has 0 bridgehead atoms. The molecule has 23 heavy (non-hydrogen) atoms. The molecule has 2 rings (SSSR count). The number of nitrogens with one attached hydrogen (secondary N) is 1. The van der Waals surface area contributed by atoms with Crippen molar-refractivity contribution >= 4 is 27.3 Å². The van der Waals surface area contributed by atoms with E-state index in [1.807, 2.05) is 25.1 Å². The van der Waals surface area contributed by atoms with Crippen LogP contribution >= 0.6 is 11.6 Å². The number of amides is 1. The van der Waals surface area contributed by atoms with Crippen molar-refractivity contribution in [2.45, 2.75) is 18.7 Å². The van der Waals surface area contributed by atoms with Gasteiger partial charge in [-0.1, -0.05) is 41.9 Å². The van der Waals surface area contributed by atoms with Crippen LogP contribution in [0.4, 0.5) is 0 Å². The molecular weight excluding hydrogens is 334 g/mol. The van der Waals surface area contributed by atoms with Gasteiger partial charge in [-0.2, -0.15) is 0 Å². The number of benzene rings is 2. The van der Waals surface area contributed by atoms with Crippen LogP contribution in [0.2, 0.25) is 5.02 Å². The molecule has 0 saturated heterocycles. The maximum Gasteiger partial charge on any atom is 0.251 e. The molecule has 0 heterocycles. The van der Waals surface area contributed by atoms with Gasteiger partial charge in [0.1, 0.15) is 0 Å². The van der Waals surface area contributed by atoms with Gasteiger partial charge in [-0.15, -0.1) is 0 Å². The van der Waals surface area contributed by atoms with E-state index < -0.39 is 9.84 Å². The summed E-state index contributed by atoms with van der Waals surface area (Å²) < 4.78 is 22.5. The fourth-order valence-electron chi connectivity index (χ4n) is 2.24. The summed E-state index contributed by atoms with van der Waals surface area (Å²) in [6.45, 7) is 1.86. The summed E-state index contributed by atoms with van der Waals surface area (Å²) >= 11 is 6.12. The fraction of sp³-hybridized carbons (Fsp3) is 0.235. The van der Waals surface area contributed by atoms with E-state index in [0.29, 0.717) is 16.1 Å². The van der Waals surface area contributed by atoms with E-state index in [1.165, 1.54) is 6.26 Å². The van der Waals surface area contributed by atoms with Crippen molar-refractivity contribution in [2.75, 3.05) is 6.26 Å². The second kappa shape index (κ2) is 7.15. The molecule has 0 aliphatic rings. The minimum absolute atomic E-state index is 0.0368. The van der Waals surface area contributed by atoms with Gasteiger partial charge >= 0.3 is 0 Å². The van der Waals surface area contributed by atoms with E-state index in [0.717, 1.165) is 5.56 Å². The Hall–Kier alpha value is -1.85. The topological polar surface area (TPSA) is 63.2 Å². The monoisotopic (exact) mass is 351 g/mol. The summed E-state index contributed by atoms with van der Waals surface area (Å²) in [6, 6.07) is 13.6. The molecule has 6 heteroatoms. The smallest absolute Gasteiger partial charge is 0.251 e. The molecule has 0 aliphatic heterocycles. The zero-order chi connectivity index (χ0) is 17.0. The largest absolute Gasteiger partial charge is 0.345 e. The first-order valence-corrected chi connectivity index (χ1v) is 9.52. The van der Waals surface area contributed by atoms with E-state index in [9.17, 15) is 13.2 Å². The Labute approximate surface area is 141 Å². The van der Waals surface area contributed by atoms with E-state index in [-0.39, 0.29) is 17.7 Å². The lowest BCUT2D eigenvalue weighted by Gasteiger charge is -2.15. The SMILES string of the molecule is CC(NC(=O)c1ccc(CS(C)(=O)=O)cc1)c1ccccc1Cl. The Bertz CT molecular complexity index is 801. The number of rotatable bonds is 5. The molecular formula is C17H18ClNO3S. The number of hydrogen-bond acceptors (Lipinski definition) is 3. The van der Waals surface area contributed by atoms with Gasteiger partial charge in [-0.3, -0.25) is 4.79 Å². The van der Waals surface area contributed by atoms with Crippen molar-refractivity contribution < 1.29 is 13.2 Å². The van der Waals surface area contributed by atoms with Crippen molar-refractivity contribution in [2.24, 2.45) is 0 Å². The first-order chi connectivity index (χ1) is 10.8. The highest BCUT2D eigenvalue weighted by Gasteiger charge is 2.14. The fourth-order valence-corrected chi connectivity index (χ4v) is 3.34. The van der Waals surface area contributed by atoms with Crippen molar-refractivity contribution in [1.82, 2.24) is 5.32 Å². The molecule has 0 aromatic heterocycles. The summed E-state index contributed by atoms with van der Waals surface area (Å²) in [5, 5.41) is 3.48. The van der Waals surface area contributed by atoms with Crippen molar-refractivity contribution in [3.05, 3.63) is 70.2 Å². The summed E-state index contributed by atoms with van der Waals surface area (Å²) in [5.74, 6) is -0.270. The summed E-state index contributed by atoms with van der Waals surface area (Å²) in [7, 11) is -3.09. The molecule has 1 atom stereocenters. The van der Waals surface area contributed by atoms with Crippen LogP contribution in [0.25, 0.3) is 0 Å². The highest BCUT2D eigenvalue weighted by atomic mass is 35.5. The second-order valence-corrected chi connectivity index (χ2v) is 8.03. The number of carbonyl (C=O) groups is 1. The van der Waals surface area contributed by atoms with Crippen LogP contribution in [0.1, 0.15) is 34.5 Å². The third-order valence-corrected chi connectivity index (χ3v) is 4.57. The Kier molecular flexibility index (Phi) is 5.44. The number of carbonyl (C=O) groups excluding carboxylic acids is 1. The van der Waals surface area contributed by atoms with Crippen molar-refractivity contribution in [3.8, 4) is 0 Å². The predicted molar refractivity (Wildman–Crippen MR) is 92.3 cm³/mol. The van der Waals surface area contributed by atoms with E-state index in [4.69, 9.17) is 11.6 Å². The number of hydrogen-bond donors (Lipinski definition) is 1. The molecule has 1 amide bonds. The molecule has 0 saturated carbocycles. The van der Waals surface area contributed by atoms with Gasteiger partial charge in [0, 0.05) is 16.8 Å². The van der Waals surface area contributed by atoms with E-state index in [1.54, 1.807) is 30.3 Å². The lowest BCUT2D eigenvalue weighted by molar-refractivity contribution is 0.0940. The zero-order valence-electron chi connectivity index (χ0n) is 12.9. The van der Waals surface area contributed by atoms with Crippen LogP contribution in [0.5, 0.6) is 0 Å². The van der Waals surface area contributed by atoms with Crippen LogP contribution in [-0.2, 0) is 15.6 Å². The molecule has 0 fully saturated rings. The quantitative estimate of drug-likeness (QED) is 0.898. The van der Waals surface area contributed by atoms with Gasteiger partial charge in [0.15, 0.2) is 9.84 Å².